The summed E-state index contributed by atoms with van der Waals surface area (Å²) in [7, 11) is 0. The van der Waals surface area contributed by atoms with E-state index in [2.05, 4.69) is 6.58 Å². The SMILES string of the molecule is C=C(C)C(=O)OCC(=O)OCC(=O)OC12CC3CC(C1)CC(OC(C)C(=O)OC(C)OCC)(C3)C2. The van der Waals surface area contributed by atoms with Gasteiger partial charge in [-0.1, -0.05) is 6.58 Å². The van der Waals surface area contributed by atoms with Crippen molar-refractivity contribution in [1.82, 2.24) is 0 Å². The lowest BCUT2D eigenvalue weighted by Crippen LogP contribution is -2.62. The molecule has 4 atom stereocenters. The fraction of sp³-hybridized carbons (Fsp3) is 0.760. The second-order valence-electron chi connectivity index (χ2n) is 10.0. The van der Waals surface area contributed by atoms with Gasteiger partial charge in [-0.15, -0.1) is 0 Å². The summed E-state index contributed by atoms with van der Waals surface area (Å²) < 4.78 is 32.4. The average molecular weight is 497 g/mol. The van der Waals surface area contributed by atoms with Gasteiger partial charge >= 0.3 is 23.9 Å². The number of ether oxygens (including phenoxy) is 6. The maximum Gasteiger partial charge on any atom is 0.344 e. The molecule has 0 heterocycles. The van der Waals surface area contributed by atoms with Crippen LogP contribution < -0.4 is 0 Å². The summed E-state index contributed by atoms with van der Waals surface area (Å²) in [5, 5.41) is 0. The molecule has 4 fully saturated rings. The van der Waals surface area contributed by atoms with Gasteiger partial charge in [-0.3, -0.25) is 0 Å². The van der Waals surface area contributed by atoms with Crippen molar-refractivity contribution < 1.29 is 47.6 Å². The van der Waals surface area contributed by atoms with Crippen molar-refractivity contribution in [3.05, 3.63) is 12.2 Å². The topological polar surface area (TPSA) is 124 Å². The molecular weight excluding hydrogens is 460 g/mol. The van der Waals surface area contributed by atoms with Crippen molar-refractivity contribution in [2.75, 3.05) is 19.8 Å². The second kappa shape index (κ2) is 11.1. The Bertz CT molecular complexity index is 835. The predicted molar refractivity (Wildman–Crippen MR) is 121 cm³/mol. The van der Waals surface area contributed by atoms with E-state index in [1.54, 1.807) is 13.8 Å². The third-order valence-electron chi connectivity index (χ3n) is 6.75. The summed E-state index contributed by atoms with van der Waals surface area (Å²) in [5.41, 5.74) is -1.14. The number of carbonyl (C=O) groups is 4. The molecular formula is C25H36O10. The zero-order chi connectivity index (χ0) is 25.8. The van der Waals surface area contributed by atoms with Crippen LogP contribution in [0.1, 0.15) is 66.2 Å². The zero-order valence-electron chi connectivity index (χ0n) is 21.0. The average Bonchev–Trinajstić information content (AvgIpc) is 2.74. The Labute approximate surface area is 205 Å². The van der Waals surface area contributed by atoms with E-state index in [4.69, 9.17) is 28.4 Å². The molecule has 10 heteroatoms. The molecule has 4 aliphatic carbocycles. The van der Waals surface area contributed by atoms with E-state index in [1.165, 1.54) is 6.92 Å². The summed E-state index contributed by atoms with van der Waals surface area (Å²) in [4.78, 5) is 48.2. The molecule has 0 aromatic carbocycles. The molecule has 4 unspecified atom stereocenters. The molecule has 0 spiro atoms. The number of esters is 4. The van der Waals surface area contributed by atoms with Gasteiger partial charge in [-0.05, 0) is 71.6 Å². The van der Waals surface area contributed by atoms with Gasteiger partial charge in [0.2, 0.25) is 0 Å². The largest absolute Gasteiger partial charge is 0.456 e. The van der Waals surface area contributed by atoms with Gasteiger partial charge in [-0.25, -0.2) is 19.2 Å². The Morgan fingerprint density at radius 2 is 1.54 bits per heavy atom. The molecule has 0 aromatic rings. The van der Waals surface area contributed by atoms with Crippen LogP contribution in [0, 0.1) is 11.8 Å². The highest BCUT2D eigenvalue weighted by atomic mass is 16.7. The minimum absolute atomic E-state index is 0.154. The fourth-order valence-corrected chi connectivity index (χ4v) is 6.00. The molecule has 4 rings (SSSR count). The van der Waals surface area contributed by atoms with Crippen LogP contribution in [0.2, 0.25) is 0 Å². The normalized spacial score (nSPS) is 30.2. The van der Waals surface area contributed by atoms with E-state index < -0.39 is 60.7 Å². The van der Waals surface area contributed by atoms with Crippen LogP contribution in [0.5, 0.6) is 0 Å². The third-order valence-corrected chi connectivity index (χ3v) is 6.75. The summed E-state index contributed by atoms with van der Waals surface area (Å²) in [6.45, 7) is 9.26. The number of carbonyl (C=O) groups excluding carboxylic acids is 4. The van der Waals surface area contributed by atoms with E-state index in [1.807, 2.05) is 6.92 Å². The zero-order valence-corrected chi connectivity index (χ0v) is 21.0. The molecule has 0 aromatic heterocycles. The quantitative estimate of drug-likeness (QED) is 0.172. The first-order valence-corrected chi connectivity index (χ1v) is 12.1. The van der Waals surface area contributed by atoms with Crippen LogP contribution >= 0.6 is 0 Å². The molecule has 10 nitrogen and oxygen atoms in total. The first kappa shape index (κ1) is 27.1. The van der Waals surface area contributed by atoms with Crippen LogP contribution in [0.25, 0.3) is 0 Å². The van der Waals surface area contributed by atoms with Crippen LogP contribution in [0.15, 0.2) is 12.2 Å². The van der Waals surface area contributed by atoms with E-state index in [0.29, 0.717) is 37.7 Å². The minimum atomic E-state index is -0.851. The lowest BCUT2D eigenvalue weighted by molar-refractivity contribution is -0.250. The lowest BCUT2D eigenvalue weighted by atomic mass is 9.52. The predicted octanol–water partition coefficient (Wildman–Crippen LogP) is 2.61. The maximum absolute atomic E-state index is 12.5. The smallest absolute Gasteiger partial charge is 0.344 e. The Hall–Kier alpha value is -2.46. The van der Waals surface area contributed by atoms with Crippen LogP contribution in [0.3, 0.4) is 0 Å². The third kappa shape index (κ3) is 7.04. The highest BCUT2D eigenvalue weighted by Crippen LogP contribution is 2.60. The van der Waals surface area contributed by atoms with E-state index in [0.717, 1.165) is 19.3 Å². The molecule has 0 amide bonds. The van der Waals surface area contributed by atoms with Gasteiger partial charge in [0.15, 0.2) is 25.6 Å². The molecule has 35 heavy (non-hydrogen) atoms. The van der Waals surface area contributed by atoms with Crippen molar-refractivity contribution in [1.29, 1.82) is 0 Å². The van der Waals surface area contributed by atoms with Gasteiger partial charge in [0.1, 0.15) is 5.60 Å². The van der Waals surface area contributed by atoms with Crippen molar-refractivity contribution in [3.63, 3.8) is 0 Å². The molecule has 196 valence electrons. The van der Waals surface area contributed by atoms with Gasteiger partial charge < -0.3 is 28.4 Å². The van der Waals surface area contributed by atoms with Crippen LogP contribution in [0.4, 0.5) is 0 Å². The Balaban J connectivity index is 1.55. The minimum Gasteiger partial charge on any atom is -0.456 e. The monoisotopic (exact) mass is 496 g/mol. The van der Waals surface area contributed by atoms with E-state index in [-0.39, 0.29) is 5.57 Å². The highest BCUT2D eigenvalue weighted by Gasteiger charge is 2.61. The van der Waals surface area contributed by atoms with Crippen molar-refractivity contribution in [2.24, 2.45) is 11.8 Å². The fourth-order valence-electron chi connectivity index (χ4n) is 6.00. The van der Waals surface area contributed by atoms with Crippen LogP contribution in [-0.4, -0.2) is 67.3 Å². The molecule has 0 aliphatic heterocycles. The van der Waals surface area contributed by atoms with Crippen molar-refractivity contribution in [2.45, 2.75) is 89.8 Å². The van der Waals surface area contributed by atoms with E-state index >= 15 is 0 Å². The number of hydrogen-bond acceptors (Lipinski definition) is 10. The lowest BCUT2D eigenvalue weighted by Gasteiger charge is -2.60. The van der Waals surface area contributed by atoms with Gasteiger partial charge in [-0.2, -0.15) is 0 Å². The Morgan fingerprint density at radius 3 is 2.14 bits per heavy atom. The molecule has 4 bridgehead atoms. The number of hydrogen-bond donors (Lipinski definition) is 0. The van der Waals surface area contributed by atoms with Crippen LogP contribution in [-0.2, 0) is 47.6 Å². The summed E-state index contributed by atoms with van der Waals surface area (Å²) in [6, 6.07) is 0. The number of rotatable bonds is 12. The molecule has 0 N–H and O–H groups in total. The first-order chi connectivity index (χ1) is 16.4. The molecule has 0 saturated heterocycles. The Morgan fingerprint density at radius 1 is 0.943 bits per heavy atom. The van der Waals surface area contributed by atoms with Crippen molar-refractivity contribution >= 4 is 23.9 Å². The highest BCUT2D eigenvalue weighted by molar-refractivity contribution is 5.88. The van der Waals surface area contributed by atoms with Crippen molar-refractivity contribution in [3.8, 4) is 0 Å². The van der Waals surface area contributed by atoms with Gasteiger partial charge in [0.25, 0.3) is 0 Å². The summed E-state index contributed by atoms with van der Waals surface area (Å²) in [6.07, 6.45) is 3.08. The van der Waals surface area contributed by atoms with Gasteiger partial charge in [0.05, 0.1) is 5.60 Å². The molecule has 4 aliphatic rings. The standard InChI is InChI=1S/C25H36O10/c1-6-30-17(5)33-23(29)16(4)34-24-8-18-7-19(9-24)11-25(10-18,14-24)35-21(27)13-31-20(26)12-32-22(28)15(2)3/h16-19H,2,6-14H2,1,3-5H3. The molecule has 0 radical (unpaired) electrons. The molecule has 4 saturated carbocycles. The van der Waals surface area contributed by atoms with E-state index in [9.17, 15) is 19.2 Å². The second-order valence-corrected chi connectivity index (χ2v) is 10.0. The maximum atomic E-state index is 12.5. The Kier molecular flexibility index (Phi) is 8.58. The first-order valence-electron chi connectivity index (χ1n) is 12.1. The summed E-state index contributed by atoms with van der Waals surface area (Å²) >= 11 is 0. The van der Waals surface area contributed by atoms with Gasteiger partial charge in [0, 0.05) is 18.6 Å². The summed E-state index contributed by atoms with van der Waals surface area (Å²) in [5.74, 6) is -2.09.